The Morgan fingerprint density at radius 3 is 2.69 bits per heavy atom. The van der Waals surface area contributed by atoms with Gasteiger partial charge in [0.05, 0.1) is 0 Å². The summed E-state index contributed by atoms with van der Waals surface area (Å²) < 4.78 is 0. The Balaban J connectivity index is 2.43. The number of hydrogen-bond donors (Lipinski definition) is 0. The second kappa shape index (κ2) is 6.22. The fourth-order valence-corrected chi connectivity index (χ4v) is 2.70. The van der Waals surface area contributed by atoms with Crippen LogP contribution in [0.15, 0.2) is 11.6 Å². The van der Waals surface area contributed by atoms with E-state index in [1.54, 1.807) is 12.5 Å². The van der Waals surface area contributed by atoms with Crippen molar-refractivity contribution in [3.05, 3.63) is 11.6 Å². The molecule has 2 unspecified atom stereocenters. The average Bonchev–Trinajstić information content (AvgIpc) is 2.15. The van der Waals surface area contributed by atoms with Gasteiger partial charge in [-0.05, 0) is 50.4 Å². The second-order valence-electron chi connectivity index (χ2n) is 5.88. The van der Waals surface area contributed by atoms with Gasteiger partial charge in [-0.3, -0.25) is 0 Å². The van der Waals surface area contributed by atoms with Gasteiger partial charge in [0, 0.05) is 6.42 Å². The fraction of sp³-hybridized carbons (Fsp3) is 0.800. The van der Waals surface area contributed by atoms with E-state index < -0.39 is 0 Å². The number of carbonyl (C=O) groups excluding carboxylic acids is 1. The van der Waals surface area contributed by atoms with Gasteiger partial charge in [0.15, 0.2) is 0 Å². The maximum Gasteiger partial charge on any atom is 0.129 e. The van der Waals surface area contributed by atoms with Crippen molar-refractivity contribution in [2.24, 2.45) is 17.8 Å². The topological polar surface area (TPSA) is 17.1 Å². The van der Waals surface area contributed by atoms with Crippen LogP contribution in [-0.4, -0.2) is 5.78 Å². The van der Waals surface area contributed by atoms with Gasteiger partial charge in [-0.15, -0.1) is 0 Å². The summed E-state index contributed by atoms with van der Waals surface area (Å²) in [6.07, 6.45) is 7.98. The number of rotatable bonds is 5. The maximum atomic E-state index is 11.0. The summed E-state index contributed by atoms with van der Waals surface area (Å²) in [4.78, 5) is 11.0. The van der Waals surface area contributed by atoms with Crippen molar-refractivity contribution in [2.75, 3.05) is 0 Å². The smallest absolute Gasteiger partial charge is 0.129 e. The summed E-state index contributed by atoms with van der Waals surface area (Å²) in [5.41, 5.74) is 1.64. The first-order chi connectivity index (χ1) is 7.49. The van der Waals surface area contributed by atoms with Gasteiger partial charge in [0.25, 0.3) is 0 Å². The fourth-order valence-electron chi connectivity index (χ4n) is 2.70. The molecule has 0 heterocycles. The van der Waals surface area contributed by atoms with Crippen LogP contribution in [0.4, 0.5) is 0 Å². The van der Waals surface area contributed by atoms with Crippen LogP contribution in [0.2, 0.25) is 0 Å². The molecular weight excluding hydrogens is 196 g/mol. The zero-order chi connectivity index (χ0) is 12.1. The standard InChI is InChI=1S/C15H26O/c1-11(2)9-14-6-8-15(12(3)10-14)7-5-13(4)16/h6,11-12,15H,5,7-10H2,1-4H3. The molecule has 1 aliphatic carbocycles. The quantitative estimate of drug-likeness (QED) is 0.631. The minimum Gasteiger partial charge on any atom is -0.300 e. The lowest BCUT2D eigenvalue weighted by atomic mass is 9.76. The Kier molecular flexibility index (Phi) is 5.24. The van der Waals surface area contributed by atoms with Crippen LogP contribution in [0.3, 0.4) is 0 Å². The van der Waals surface area contributed by atoms with Crippen molar-refractivity contribution in [2.45, 2.75) is 59.8 Å². The monoisotopic (exact) mass is 222 g/mol. The zero-order valence-electron chi connectivity index (χ0n) is 11.3. The minimum atomic E-state index is 0.337. The lowest BCUT2D eigenvalue weighted by molar-refractivity contribution is -0.117. The van der Waals surface area contributed by atoms with E-state index in [0.717, 1.165) is 30.6 Å². The Hall–Kier alpha value is -0.590. The summed E-state index contributed by atoms with van der Waals surface area (Å²) in [5.74, 6) is 2.61. The third-order valence-electron chi connectivity index (χ3n) is 3.64. The summed E-state index contributed by atoms with van der Waals surface area (Å²) in [5, 5.41) is 0. The normalized spacial score (nSPS) is 25.7. The summed E-state index contributed by atoms with van der Waals surface area (Å²) in [6, 6.07) is 0. The molecule has 1 aliphatic rings. The molecule has 0 aromatic heterocycles. The van der Waals surface area contributed by atoms with Crippen LogP contribution in [0, 0.1) is 17.8 Å². The van der Waals surface area contributed by atoms with E-state index >= 15 is 0 Å². The van der Waals surface area contributed by atoms with Gasteiger partial charge >= 0.3 is 0 Å². The predicted octanol–water partition coefficient (Wildman–Crippen LogP) is 4.37. The van der Waals surface area contributed by atoms with Gasteiger partial charge in [-0.25, -0.2) is 0 Å². The highest BCUT2D eigenvalue weighted by molar-refractivity contribution is 5.75. The van der Waals surface area contributed by atoms with E-state index in [1.165, 1.54) is 19.3 Å². The molecule has 0 saturated heterocycles. The molecule has 0 aliphatic heterocycles. The number of allylic oxidation sites excluding steroid dienone is 2. The number of hydrogen-bond acceptors (Lipinski definition) is 1. The molecule has 0 fully saturated rings. The predicted molar refractivity (Wildman–Crippen MR) is 69.3 cm³/mol. The first-order valence-corrected chi connectivity index (χ1v) is 6.66. The van der Waals surface area contributed by atoms with Crippen LogP contribution in [0.5, 0.6) is 0 Å². The van der Waals surface area contributed by atoms with E-state index in [4.69, 9.17) is 0 Å². The van der Waals surface area contributed by atoms with E-state index in [1.807, 2.05) is 0 Å². The van der Waals surface area contributed by atoms with E-state index in [-0.39, 0.29) is 0 Å². The molecule has 1 heteroatoms. The minimum absolute atomic E-state index is 0.337. The zero-order valence-corrected chi connectivity index (χ0v) is 11.3. The molecule has 2 atom stereocenters. The highest BCUT2D eigenvalue weighted by atomic mass is 16.1. The molecule has 0 N–H and O–H groups in total. The third-order valence-corrected chi connectivity index (χ3v) is 3.64. The highest BCUT2D eigenvalue weighted by Gasteiger charge is 2.22. The van der Waals surface area contributed by atoms with Gasteiger partial charge in [0.1, 0.15) is 5.78 Å². The Morgan fingerprint density at radius 2 is 2.19 bits per heavy atom. The Labute approximate surface area is 100 Å². The molecule has 0 bridgehead atoms. The van der Waals surface area contributed by atoms with Gasteiger partial charge in [-0.1, -0.05) is 32.4 Å². The molecule has 0 amide bonds. The Morgan fingerprint density at radius 1 is 1.50 bits per heavy atom. The van der Waals surface area contributed by atoms with Crippen molar-refractivity contribution in [3.8, 4) is 0 Å². The third kappa shape index (κ3) is 4.51. The van der Waals surface area contributed by atoms with Crippen molar-refractivity contribution in [1.82, 2.24) is 0 Å². The largest absolute Gasteiger partial charge is 0.300 e. The molecule has 1 nitrogen and oxygen atoms in total. The Bertz CT molecular complexity index is 263. The van der Waals surface area contributed by atoms with Crippen LogP contribution >= 0.6 is 0 Å². The van der Waals surface area contributed by atoms with Crippen LogP contribution in [0.1, 0.15) is 59.8 Å². The molecule has 1 rings (SSSR count). The second-order valence-corrected chi connectivity index (χ2v) is 5.88. The van der Waals surface area contributed by atoms with E-state index in [0.29, 0.717) is 5.78 Å². The molecule has 0 radical (unpaired) electrons. The molecule has 92 valence electrons. The maximum absolute atomic E-state index is 11.0. The van der Waals surface area contributed by atoms with Crippen LogP contribution < -0.4 is 0 Å². The van der Waals surface area contributed by atoms with E-state index in [2.05, 4.69) is 26.8 Å². The first-order valence-electron chi connectivity index (χ1n) is 6.66. The molecule has 0 aromatic carbocycles. The highest BCUT2D eigenvalue weighted by Crippen LogP contribution is 2.34. The average molecular weight is 222 g/mol. The van der Waals surface area contributed by atoms with Gasteiger partial charge in [0.2, 0.25) is 0 Å². The summed E-state index contributed by atoms with van der Waals surface area (Å²) in [6.45, 7) is 8.62. The van der Waals surface area contributed by atoms with Crippen LogP contribution in [0.25, 0.3) is 0 Å². The first kappa shape index (κ1) is 13.5. The summed E-state index contributed by atoms with van der Waals surface area (Å²) in [7, 11) is 0. The molecule has 16 heavy (non-hydrogen) atoms. The molecule has 0 saturated carbocycles. The molecule has 0 aromatic rings. The molecule has 0 spiro atoms. The number of ketones is 1. The lowest BCUT2D eigenvalue weighted by Gasteiger charge is -2.29. The van der Waals surface area contributed by atoms with Crippen molar-refractivity contribution in [1.29, 1.82) is 0 Å². The van der Waals surface area contributed by atoms with Crippen molar-refractivity contribution < 1.29 is 4.79 Å². The van der Waals surface area contributed by atoms with Crippen molar-refractivity contribution >= 4 is 5.78 Å². The SMILES string of the molecule is CC(=O)CCC1CC=C(CC(C)C)CC1C. The molecular formula is C15H26O. The van der Waals surface area contributed by atoms with Crippen molar-refractivity contribution in [3.63, 3.8) is 0 Å². The van der Waals surface area contributed by atoms with E-state index in [9.17, 15) is 4.79 Å². The van der Waals surface area contributed by atoms with Gasteiger partial charge in [-0.2, -0.15) is 0 Å². The lowest BCUT2D eigenvalue weighted by Crippen LogP contribution is -2.17. The van der Waals surface area contributed by atoms with Crippen LogP contribution in [-0.2, 0) is 4.79 Å². The van der Waals surface area contributed by atoms with Gasteiger partial charge < -0.3 is 4.79 Å². The number of Topliss-reactive ketones (excluding diaryl/α,β-unsaturated/α-hetero) is 1. The summed E-state index contributed by atoms with van der Waals surface area (Å²) >= 11 is 0. The number of carbonyl (C=O) groups is 1.